The molecule has 2 aromatic heterocycles. The Labute approximate surface area is 193 Å². The van der Waals surface area contributed by atoms with Gasteiger partial charge in [-0.2, -0.15) is 0 Å². The van der Waals surface area contributed by atoms with E-state index in [-0.39, 0.29) is 23.5 Å². The maximum Gasteiger partial charge on any atom is 0.293 e. The maximum absolute atomic E-state index is 13.4. The molecule has 1 fully saturated rings. The van der Waals surface area contributed by atoms with Gasteiger partial charge in [-0.3, -0.25) is 9.59 Å². The Bertz CT molecular complexity index is 1260. The van der Waals surface area contributed by atoms with E-state index in [1.54, 1.807) is 38.7 Å². The zero-order valence-corrected chi connectivity index (χ0v) is 18.4. The number of amides is 2. The predicted octanol–water partition coefficient (Wildman–Crippen LogP) is 3.73. The van der Waals surface area contributed by atoms with Crippen molar-refractivity contribution in [3.8, 4) is 16.4 Å². The molecule has 0 aliphatic carbocycles. The largest absolute Gasteiger partial charge is 0.335 e. The number of hydrogen-bond acceptors (Lipinski definition) is 5. The molecular formula is C24H20FN5O2S. The summed E-state index contributed by atoms with van der Waals surface area (Å²) in [4.78, 5) is 34.7. The van der Waals surface area contributed by atoms with Crippen molar-refractivity contribution in [3.05, 3.63) is 89.3 Å². The van der Waals surface area contributed by atoms with Crippen LogP contribution < -0.4 is 0 Å². The molecule has 2 amide bonds. The fraction of sp³-hybridized carbons (Fsp3) is 0.167. The standard InChI is InChI=1S/C24H20FN5O2S/c25-18-8-10-19(11-9-18)30-22(20-7-4-16-33-20)26-21(27-30)24(32)29-14-12-28(13-15-29)23(31)17-5-2-1-3-6-17/h1-11,16H,12-15H2. The van der Waals surface area contributed by atoms with Gasteiger partial charge in [0.15, 0.2) is 5.82 Å². The summed E-state index contributed by atoms with van der Waals surface area (Å²) in [6.45, 7) is 1.68. The van der Waals surface area contributed by atoms with E-state index in [4.69, 9.17) is 0 Å². The first kappa shape index (κ1) is 21.0. The number of thiophene rings is 1. The quantitative estimate of drug-likeness (QED) is 0.464. The highest BCUT2D eigenvalue weighted by molar-refractivity contribution is 7.13. The lowest BCUT2D eigenvalue weighted by atomic mass is 10.2. The monoisotopic (exact) mass is 461 g/mol. The lowest BCUT2D eigenvalue weighted by Crippen LogP contribution is -2.50. The van der Waals surface area contributed by atoms with Gasteiger partial charge in [0.2, 0.25) is 5.82 Å². The van der Waals surface area contributed by atoms with Gasteiger partial charge in [0.1, 0.15) is 5.82 Å². The van der Waals surface area contributed by atoms with E-state index in [9.17, 15) is 14.0 Å². The molecule has 166 valence electrons. The molecule has 0 unspecified atom stereocenters. The third-order valence-electron chi connectivity index (χ3n) is 5.49. The molecule has 0 spiro atoms. The minimum Gasteiger partial charge on any atom is -0.335 e. The first-order chi connectivity index (χ1) is 16.1. The number of piperazine rings is 1. The van der Waals surface area contributed by atoms with Crippen molar-refractivity contribution in [1.82, 2.24) is 24.6 Å². The molecule has 9 heteroatoms. The van der Waals surface area contributed by atoms with Crippen molar-refractivity contribution in [2.24, 2.45) is 0 Å². The number of halogens is 1. The summed E-state index contributed by atoms with van der Waals surface area (Å²) < 4.78 is 15.0. The first-order valence-electron chi connectivity index (χ1n) is 10.5. The van der Waals surface area contributed by atoms with Crippen LogP contribution in [-0.4, -0.2) is 62.6 Å². The average Bonchev–Trinajstić information content (AvgIpc) is 3.55. The number of carbonyl (C=O) groups excluding carboxylic acids is 2. The van der Waals surface area contributed by atoms with Crippen LogP contribution >= 0.6 is 11.3 Å². The number of hydrogen-bond donors (Lipinski definition) is 0. The van der Waals surface area contributed by atoms with Crippen molar-refractivity contribution < 1.29 is 14.0 Å². The summed E-state index contributed by atoms with van der Waals surface area (Å²) in [5.74, 6) is -0.0824. The summed E-state index contributed by atoms with van der Waals surface area (Å²) in [6.07, 6.45) is 0. The molecule has 3 heterocycles. The van der Waals surface area contributed by atoms with E-state index in [1.165, 1.54) is 23.5 Å². The molecule has 1 aliphatic rings. The smallest absolute Gasteiger partial charge is 0.293 e. The van der Waals surface area contributed by atoms with Crippen LogP contribution in [0.3, 0.4) is 0 Å². The molecule has 0 bridgehead atoms. The van der Waals surface area contributed by atoms with E-state index in [1.807, 2.05) is 35.7 Å². The molecule has 1 aliphatic heterocycles. The number of aromatic nitrogens is 3. The Morgan fingerprint density at radius 1 is 0.818 bits per heavy atom. The van der Waals surface area contributed by atoms with Crippen LogP contribution in [0.1, 0.15) is 21.0 Å². The second-order valence-corrected chi connectivity index (χ2v) is 8.52. The van der Waals surface area contributed by atoms with Crippen molar-refractivity contribution in [2.75, 3.05) is 26.2 Å². The molecular weight excluding hydrogens is 441 g/mol. The molecule has 4 aromatic rings. The molecule has 0 N–H and O–H groups in total. The van der Waals surface area contributed by atoms with E-state index < -0.39 is 0 Å². The average molecular weight is 462 g/mol. The van der Waals surface area contributed by atoms with Crippen molar-refractivity contribution in [2.45, 2.75) is 0 Å². The molecule has 0 radical (unpaired) electrons. The minimum absolute atomic E-state index is 0.0404. The highest BCUT2D eigenvalue weighted by Crippen LogP contribution is 2.26. The van der Waals surface area contributed by atoms with Crippen LogP contribution in [0.2, 0.25) is 0 Å². The van der Waals surface area contributed by atoms with E-state index in [2.05, 4.69) is 10.1 Å². The van der Waals surface area contributed by atoms with E-state index in [0.717, 1.165) is 4.88 Å². The molecule has 7 nitrogen and oxygen atoms in total. The van der Waals surface area contributed by atoms with Gasteiger partial charge >= 0.3 is 0 Å². The van der Waals surface area contributed by atoms with Gasteiger partial charge in [-0.05, 0) is 47.8 Å². The molecule has 1 saturated heterocycles. The van der Waals surface area contributed by atoms with Gasteiger partial charge in [0.05, 0.1) is 10.6 Å². The topological polar surface area (TPSA) is 71.3 Å². The minimum atomic E-state index is -0.351. The first-order valence-corrected chi connectivity index (χ1v) is 11.4. The van der Waals surface area contributed by atoms with Gasteiger partial charge in [0, 0.05) is 31.7 Å². The maximum atomic E-state index is 13.4. The molecule has 5 rings (SSSR count). The summed E-state index contributed by atoms with van der Waals surface area (Å²) >= 11 is 1.48. The molecule has 0 saturated carbocycles. The lowest BCUT2D eigenvalue weighted by molar-refractivity contribution is 0.0529. The Kier molecular flexibility index (Phi) is 5.70. The Balaban J connectivity index is 1.35. The zero-order valence-electron chi connectivity index (χ0n) is 17.6. The van der Waals surface area contributed by atoms with E-state index >= 15 is 0 Å². The summed E-state index contributed by atoms with van der Waals surface area (Å²) in [7, 11) is 0. The van der Waals surface area contributed by atoms with Crippen LogP contribution in [0.4, 0.5) is 4.39 Å². The SMILES string of the molecule is O=C(c1ccccc1)N1CCN(C(=O)c2nc(-c3cccs3)n(-c3ccc(F)cc3)n2)CC1. The lowest BCUT2D eigenvalue weighted by Gasteiger charge is -2.34. The van der Waals surface area contributed by atoms with Gasteiger partial charge in [-0.1, -0.05) is 24.3 Å². The van der Waals surface area contributed by atoms with Crippen LogP contribution in [0.25, 0.3) is 16.4 Å². The van der Waals surface area contributed by atoms with Crippen LogP contribution in [0, 0.1) is 5.82 Å². The number of rotatable bonds is 4. The summed E-state index contributed by atoms with van der Waals surface area (Å²) in [6, 6.07) is 18.8. The molecule has 0 atom stereocenters. The van der Waals surface area contributed by atoms with Gasteiger partial charge in [-0.15, -0.1) is 16.4 Å². The summed E-state index contributed by atoms with van der Waals surface area (Å²) in [5, 5.41) is 6.38. The fourth-order valence-electron chi connectivity index (χ4n) is 3.75. The number of carbonyl (C=O) groups is 2. The highest BCUT2D eigenvalue weighted by atomic mass is 32.1. The second-order valence-electron chi connectivity index (χ2n) is 7.57. The van der Waals surface area contributed by atoms with Crippen LogP contribution in [0.15, 0.2) is 72.1 Å². The predicted molar refractivity (Wildman–Crippen MR) is 123 cm³/mol. The Morgan fingerprint density at radius 2 is 1.48 bits per heavy atom. The molecule has 2 aromatic carbocycles. The number of benzene rings is 2. The number of nitrogens with zero attached hydrogens (tertiary/aromatic N) is 5. The second kappa shape index (κ2) is 8.95. The molecule has 33 heavy (non-hydrogen) atoms. The van der Waals surface area contributed by atoms with Gasteiger partial charge in [0.25, 0.3) is 11.8 Å². The van der Waals surface area contributed by atoms with Crippen LogP contribution in [-0.2, 0) is 0 Å². The Hall–Kier alpha value is -3.85. The third kappa shape index (κ3) is 4.27. The Morgan fingerprint density at radius 3 is 2.12 bits per heavy atom. The fourth-order valence-corrected chi connectivity index (χ4v) is 4.45. The normalized spacial score (nSPS) is 13.8. The van der Waals surface area contributed by atoms with Crippen LogP contribution in [0.5, 0.6) is 0 Å². The van der Waals surface area contributed by atoms with Gasteiger partial charge < -0.3 is 9.80 Å². The third-order valence-corrected chi connectivity index (χ3v) is 6.35. The van der Waals surface area contributed by atoms with E-state index in [0.29, 0.717) is 43.3 Å². The van der Waals surface area contributed by atoms with Gasteiger partial charge in [-0.25, -0.2) is 14.1 Å². The zero-order chi connectivity index (χ0) is 22.8. The van der Waals surface area contributed by atoms with Crippen molar-refractivity contribution in [3.63, 3.8) is 0 Å². The van der Waals surface area contributed by atoms with Crippen molar-refractivity contribution in [1.29, 1.82) is 0 Å². The van der Waals surface area contributed by atoms with Crippen molar-refractivity contribution >= 4 is 23.2 Å². The summed E-state index contributed by atoms with van der Waals surface area (Å²) in [5.41, 5.74) is 1.25. The highest BCUT2D eigenvalue weighted by Gasteiger charge is 2.28.